The maximum atomic E-state index is 5.41. The van der Waals surface area contributed by atoms with Gasteiger partial charge in [-0.2, -0.15) is 0 Å². The van der Waals surface area contributed by atoms with Crippen LogP contribution < -0.4 is 16.8 Å². The summed E-state index contributed by atoms with van der Waals surface area (Å²) in [5, 5.41) is 3.41. The maximum Gasteiger partial charge on any atom is 0.0325 e. The highest BCUT2D eigenvalue weighted by molar-refractivity contribution is 7.80. The van der Waals surface area contributed by atoms with Crippen LogP contribution >= 0.6 is 12.6 Å². The van der Waals surface area contributed by atoms with E-state index in [0.717, 1.165) is 16.6 Å². The molecule has 1 aromatic carbocycles. The van der Waals surface area contributed by atoms with Crippen LogP contribution in [0, 0.1) is 5.41 Å². The standard InChI is InChI=1S/C12H25N.C6H7NS.CH5N/c1-4-8-12(5-2)9-6-11(13-3)7-10-12;7-5-2-1-3-6(8)4-5;1-2/h11,13H,4-10H2,1-3H3;1-4,8H,7H2;2H2,1H3. The van der Waals surface area contributed by atoms with E-state index in [9.17, 15) is 0 Å². The monoisotopic (exact) mass is 339 g/mol. The minimum absolute atomic E-state index is 0.710. The van der Waals surface area contributed by atoms with Crippen LogP contribution in [0.25, 0.3) is 0 Å². The van der Waals surface area contributed by atoms with E-state index < -0.39 is 0 Å². The fourth-order valence-electron chi connectivity index (χ4n) is 3.35. The molecular formula is C19H37N3S. The Balaban J connectivity index is 0.000000414. The minimum Gasteiger partial charge on any atom is -0.399 e. The summed E-state index contributed by atoms with van der Waals surface area (Å²) >= 11 is 4.07. The van der Waals surface area contributed by atoms with Crippen LogP contribution in [0.5, 0.6) is 0 Å². The Morgan fingerprint density at radius 3 is 2.17 bits per heavy atom. The molecule has 0 bridgehead atoms. The topological polar surface area (TPSA) is 64.1 Å². The van der Waals surface area contributed by atoms with Crippen LogP contribution in [0.1, 0.15) is 58.8 Å². The number of nitrogen functional groups attached to an aromatic ring is 1. The van der Waals surface area contributed by atoms with Gasteiger partial charge in [-0.1, -0.05) is 32.8 Å². The van der Waals surface area contributed by atoms with E-state index in [2.05, 4.69) is 44.6 Å². The van der Waals surface area contributed by atoms with E-state index in [-0.39, 0.29) is 0 Å². The van der Waals surface area contributed by atoms with E-state index in [1.54, 1.807) is 0 Å². The van der Waals surface area contributed by atoms with E-state index in [4.69, 9.17) is 5.73 Å². The van der Waals surface area contributed by atoms with Gasteiger partial charge in [0, 0.05) is 16.6 Å². The molecule has 0 atom stereocenters. The molecule has 3 nitrogen and oxygen atoms in total. The zero-order valence-electron chi connectivity index (χ0n) is 15.4. The smallest absolute Gasteiger partial charge is 0.0325 e. The van der Waals surface area contributed by atoms with Gasteiger partial charge in [-0.05, 0) is 69.8 Å². The molecule has 0 radical (unpaired) electrons. The van der Waals surface area contributed by atoms with Gasteiger partial charge >= 0.3 is 0 Å². The quantitative estimate of drug-likeness (QED) is 0.483. The van der Waals surface area contributed by atoms with Crippen molar-refractivity contribution < 1.29 is 0 Å². The van der Waals surface area contributed by atoms with Crippen molar-refractivity contribution in [2.75, 3.05) is 19.8 Å². The molecule has 0 amide bonds. The number of rotatable bonds is 4. The van der Waals surface area contributed by atoms with Gasteiger partial charge in [0.05, 0.1) is 0 Å². The van der Waals surface area contributed by atoms with Gasteiger partial charge in [-0.25, -0.2) is 0 Å². The lowest BCUT2D eigenvalue weighted by Gasteiger charge is -2.39. The average molecular weight is 340 g/mol. The van der Waals surface area contributed by atoms with Gasteiger partial charge in [0.2, 0.25) is 0 Å². The van der Waals surface area contributed by atoms with Gasteiger partial charge in [0.15, 0.2) is 0 Å². The summed E-state index contributed by atoms with van der Waals surface area (Å²) in [4.78, 5) is 0.907. The predicted molar refractivity (Wildman–Crippen MR) is 107 cm³/mol. The minimum atomic E-state index is 0.710. The van der Waals surface area contributed by atoms with Gasteiger partial charge in [0.1, 0.15) is 0 Å². The molecule has 1 aromatic rings. The molecule has 1 saturated carbocycles. The third-order valence-corrected chi connectivity index (χ3v) is 5.13. The molecule has 5 N–H and O–H groups in total. The molecule has 23 heavy (non-hydrogen) atoms. The fraction of sp³-hybridized carbons (Fsp3) is 0.684. The lowest BCUT2D eigenvalue weighted by Crippen LogP contribution is -2.35. The van der Waals surface area contributed by atoms with Gasteiger partial charge < -0.3 is 16.8 Å². The van der Waals surface area contributed by atoms with Gasteiger partial charge in [-0.3, -0.25) is 0 Å². The summed E-state index contributed by atoms with van der Waals surface area (Å²) in [6.07, 6.45) is 9.87. The molecule has 0 spiro atoms. The van der Waals surface area contributed by atoms with Crippen molar-refractivity contribution in [1.82, 2.24) is 5.32 Å². The summed E-state index contributed by atoms with van der Waals surface area (Å²) in [7, 11) is 3.60. The fourth-order valence-corrected chi connectivity index (χ4v) is 3.59. The lowest BCUT2D eigenvalue weighted by atomic mass is 9.68. The van der Waals surface area contributed by atoms with Crippen molar-refractivity contribution in [3.05, 3.63) is 24.3 Å². The SMILES string of the molecule is CCCC1(CC)CCC(NC)CC1.CN.Nc1cccc(S)c1. The Kier molecular flexibility index (Phi) is 12.3. The summed E-state index contributed by atoms with van der Waals surface area (Å²) in [5.41, 5.74) is 11.4. The highest BCUT2D eigenvalue weighted by Crippen LogP contribution is 2.42. The molecule has 0 aliphatic heterocycles. The third kappa shape index (κ3) is 8.63. The molecule has 0 unspecified atom stereocenters. The summed E-state index contributed by atoms with van der Waals surface area (Å²) < 4.78 is 0. The molecule has 2 rings (SSSR count). The Hall–Kier alpha value is -0.710. The zero-order chi connectivity index (χ0) is 17.7. The first kappa shape index (κ1) is 22.3. The first-order valence-corrected chi connectivity index (χ1v) is 9.29. The van der Waals surface area contributed by atoms with E-state index in [1.165, 1.54) is 52.0 Å². The van der Waals surface area contributed by atoms with Crippen LogP contribution in [0.15, 0.2) is 29.2 Å². The Morgan fingerprint density at radius 1 is 1.22 bits per heavy atom. The van der Waals surface area contributed by atoms with E-state index >= 15 is 0 Å². The highest BCUT2D eigenvalue weighted by atomic mass is 32.1. The number of benzene rings is 1. The molecule has 1 fully saturated rings. The normalized spacial score (nSPS) is 23.1. The summed E-state index contributed by atoms with van der Waals surface area (Å²) in [5.74, 6) is 0. The maximum absolute atomic E-state index is 5.41. The number of hydrogen-bond donors (Lipinski definition) is 4. The molecule has 1 aliphatic carbocycles. The zero-order valence-corrected chi connectivity index (χ0v) is 16.3. The molecule has 4 heteroatoms. The van der Waals surface area contributed by atoms with Crippen molar-refractivity contribution in [3.8, 4) is 0 Å². The molecular weight excluding hydrogens is 302 g/mol. The average Bonchev–Trinajstić information content (AvgIpc) is 2.58. The molecule has 0 saturated heterocycles. The van der Waals surface area contributed by atoms with Gasteiger partial charge in [-0.15, -0.1) is 12.6 Å². The van der Waals surface area contributed by atoms with Crippen molar-refractivity contribution in [2.45, 2.75) is 69.7 Å². The number of hydrogen-bond acceptors (Lipinski definition) is 4. The lowest BCUT2D eigenvalue weighted by molar-refractivity contribution is 0.143. The summed E-state index contributed by atoms with van der Waals surface area (Å²) in [6, 6.07) is 8.21. The second-order valence-electron chi connectivity index (χ2n) is 6.26. The predicted octanol–water partition coefficient (Wildman–Crippen LogP) is 4.48. The Labute approximate surface area is 149 Å². The molecule has 134 valence electrons. The number of anilines is 1. The van der Waals surface area contributed by atoms with Crippen molar-refractivity contribution in [3.63, 3.8) is 0 Å². The first-order chi connectivity index (χ1) is 11.0. The van der Waals surface area contributed by atoms with E-state index in [0.29, 0.717) is 5.41 Å². The number of nitrogens with one attached hydrogen (secondary N) is 1. The van der Waals surface area contributed by atoms with Crippen LogP contribution in [0.3, 0.4) is 0 Å². The largest absolute Gasteiger partial charge is 0.399 e. The second-order valence-corrected chi connectivity index (χ2v) is 6.78. The van der Waals surface area contributed by atoms with Crippen molar-refractivity contribution >= 4 is 18.3 Å². The Morgan fingerprint density at radius 2 is 1.83 bits per heavy atom. The van der Waals surface area contributed by atoms with Crippen LogP contribution in [-0.2, 0) is 0 Å². The third-order valence-electron chi connectivity index (χ3n) is 4.86. The first-order valence-electron chi connectivity index (χ1n) is 8.84. The molecule has 1 aliphatic rings. The molecule has 0 aromatic heterocycles. The van der Waals surface area contributed by atoms with E-state index in [1.807, 2.05) is 24.3 Å². The van der Waals surface area contributed by atoms with Crippen molar-refractivity contribution in [2.24, 2.45) is 11.1 Å². The second kappa shape index (κ2) is 12.7. The van der Waals surface area contributed by atoms with Crippen LogP contribution in [-0.4, -0.2) is 20.1 Å². The number of nitrogens with two attached hydrogens (primary N) is 2. The molecule has 0 heterocycles. The highest BCUT2D eigenvalue weighted by Gasteiger charge is 2.32. The van der Waals surface area contributed by atoms with Crippen LogP contribution in [0.2, 0.25) is 0 Å². The van der Waals surface area contributed by atoms with Crippen LogP contribution in [0.4, 0.5) is 5.69 Å². The number of thiol groups is 1. The van der Waals surface area contributed by atoms with Crippen molar-refractivity contribution in [1.29, 1.82) is 0 Å². The Bertz CT molecular complexity index is 384. The van der Waals surface area contributed by atoms with Gasteiger partial charge in [0.25, 0.3) is 0 Å². The summed E-state index contributed by atoms with van der Waals surface area (Å²) in [6.45, 7) is 4.69.